The van der Waals surface area contributed by atoms with Crippen LogP contribution in [0.1, 0.15) is 36.7 Å². The molecule has 0 radical (unpaired) electrons. The van der Waals surface area contributed by atoms with Crippen LogP contribution in [0.3, 0.4) is 0 Å². The van der Waals surface area contributed by atoms with Crippen molar-refractivity contribution in [3.63, 3.8) is 0 Å². The Hall–Kier alpha value is -2.01. The van der Waals surface area contributed by atoms with Crippen LogP contribution in [0.5, 0.6) is 5.75 Å². The van der Waals surface area contributed by atoms with Gasteiger partial charge in [0, 0.05) is 23.4 Å². The molecule has 0 amide bonds. The summed E-state index contributed by atoms with van der Waals surface area (Å²) in [6.07, 6.45) is 2.29. The van der Waals surface area contributed by atoms with Crippen molar-refractivity contribution in [3.05, 3.63) is 28.9 Å². The summed E-state index contributed by atoms with van der Waals surface area (Å²) >= 11 is 6.08. The molecule has 0 unspecified atom stereocenters. The van der Waals surface area contributed by atoms with Crippen LogP contribution in [0.15, 0.2) is 18.2 Å². The van der Waals surface area contributed by atoms with Gasteiger partial charge in [0.2, 0.25) is 0 Å². The lowest BCUT2D eigenvalue weighted by Gasteiger charge is -2.07. The third-order valence-electron chi connectivity index (χ3n) is 3.10. The van der Waals surface area contributed by atoms with Gasteiger partial charge in [-0.25, -0.2) is 4.79 Å². The molecule has 112 valence electrons. The van der Waals surface area contributed by atoms with E-state index in [0.717, 1.165) is 12.8 Å². The van der Waals surface area contributed by atoms with Gasteiger partial charge in [-0.15, -0.1) is 0 Å². The molecule has 0 atom stereocenters. The Kier molecular flexibility index (Phi) is 4.85. The Morgan fingerprint density at radius 1 is 1.33 bits per heavy atom. The number of aromatic amines is 1. The first kappa shape index (κ1) is 15.4. The summed E-state index contributed by atoms with van der Waals surface area (Å²) in [6, 6.07) is 4.72. The minimum atomic E-state index is -1.04. The summed E-state index contributed by atoms with van der Waals surface area (Å²) in [5.41, 5.74) is 0.685. The number of hydrogen-bond donors (Lipinski definition) is 2. The molecule has 1 aromatic carbocycles. The molecule has 6 heteroatoms. The van der Waals surface area contributed by atoms with E-state index in [1.807, 2.05) is 6.92 Å². The van der Waals surface area contributed by atoms with Crippen LogP contribution < -0.4 is 4.74 Å². The van der Waals surface area contributed by atoms with Crippen LogP contribution in [-0.2, 0) is 4.79 Å². The Morgan fingerprint density at radius 2 is 2.10 bits per heavy atom. The van der Waals surface area contributed by atoms with Gasteiger partial charge in [0.05, 0.1) is 5.02 Å². The molecule has 2 N–H and O–H groups in total. The highest BCUT2D eigenvalue weighted by Gasteiger charge is 2.12. The fourth-order valence-electron chi connectivity index (χ4n) is 1.96. The maximum atomic E-state index is 11.6. The van der Waals surface area contributed by atoms with Crippen LogP contribution in [0.4, 0.5) is 0 Å². The van der Waals surface area contributed by atoms with E-state index >= 15 is 0 Å². The minimum absolute atomic E-state index is 0.0192. The van der Waals surface area contributed by atoms with Crippen LogP contribution in [0.2, 0.25) is 5.02 Å². The molecule has 0 aliphatic heterocycles. The molecule has 21 heavy (non-hydrogen) atoms. The summed E-state index contributed by atoms with van der Waals surface area (Å²) in [4.78, 5) is 25.3. The summed E-state index contributed by atoms with van der Waals surface area (Å²) in [6.45, 7) is 1.99. The topological polar surface area (TPSA) is 79.4 Å². The predicted octanol–water partition coefficient (Wildman–Crippen LogP) is 3.66. The molecule has 1 aromatic heterocycles. The van der Waals surface area contributed by atoms with E-state index in [1.54, 1.807) is 12.1 Å². The van der Waals surface area contributed by atoms with Crippen LogP contribution in [0.25, 0.3) is 10.9 Å². The highest BCUT2D eigenvalue weighted by atomic mass is 35.5. The van der Waals surface area contributed by atoms with Crippen molar-refractivity contribution >= 4 is 34.3 Å². The first-order valence-electron chi connectivity index (χ1n) is 6.71. The lowest BCUT2D eigenvalue weighted by atomic mass is 10.2. The van der Waals surface area contributed by atoms with Crippen molar-refractivity contribution in [2.45, 2.75) is 26.2 Å². The number of carbonyl (C=O) groups excluding carboxylic acids is 1. The number of halogens is 1. The molecule has 0 aliphatic carbocycles. The largest absolute Gasteiger partial charge is 0.484 e. The molecule has 0 saturated carbocycles. The fraction of sp³-hybridized carbons (Fsp3) is 0.333. The lowest BCUT2D eigenvalue weighted by molar-refractivity contribution is -0.121. The summed E-state index contributed by atoms with van der Waals surface area (Å²) in [5, 5.41) is 9.97. The number of carboxylic acids is 1. The minimum Gasteiger partial charge on any atom is -0.484 e. The van der Waals surface area contributed by atoms with E-state index in [0.29, 0.717) is 28.1 Å². The van der Waals surface area contributed by atoms with Gasteiger partial charge in [0.15, 0.2) is 5.78 Å². The average molecular weight is 310 g/mol. The van der Waals surface area contributed by atoms with Crippen molar-refractivity contribution < 1.29 is 19.4 Å². The molecule has 2 rings (SSSR count). The molecule has 0 saturated heterocycles. The van der Waals surface area contributed by atoms with Crippen LogP contribution in [0, 0.1) is 0 Å². The third-order valence-corrected chi connectivity index (χ3v) is 3.40. The second kappa shape index (κ2) is 6.63. The van der Waals surface area contributed by atoms with E-state index in [2.05, 4.69) is 4.98 Å². The number of aromatic nitrogens is 1. The van der Waals surface area contributed by atoms with Gasteiger partial charge < -0.3 is 14.8 Å². The van der Waals surface area contributed by atoms with Gasteiger partial charge in [-0.1, -0.05) is 24.9 Å². The summed E-state index contributed by atoms with van der Waals surface area (Å²) in [5.74, 6) is -0.655. The smallest absolute Gasteiger partial charge is 0.352 e. The number of ketones is 1. The van der Waals surface area contributed by atoms with Crippen LogP contribution in [-0.4, -0.2) is 28.4 Å². The number of H-pyrrole nitrogens is 1. The Balaban J connectivity index is 2.14. The number of unbranched alkanes of at least 4 members (excludes halogenated alkanes) is 1. The number of hydrogen-bond acceptors (Lipinski definition) is 3. The van der Waals surface area contributed by atoms with Gasteiger partial charge in [-0.2, -0.15) is 0 Å². The number of Topliss-reactive ketones (excluding diaryl/α,β-unsaturated/α-hetero) is 1. The maximum absolute atomic E-state index is 11.6. The molecule has 5 nitrogen and oxygen atoms in total. The number of aromatic carboxylic acids is 1. The van der Waals surface area contributed by atoms with Crippen molar-refractivity contribution in [1.82, 2.24) is 4.98 Å². The number of carbonyl (C=O) groups is 2. The first-order valence-corrected chi connectivity index (χ1v) is 7.09. The number of benzene rings is 1. The Labute approximate surface area is 126 Å². The second-order valence-electron chi connectivity index (χ2n) is 4.79. The van der Waals surface area contributed by atoms with E-state index in [1.165, 1.54) is 6.07 Å². The zero-order valence-electron chi connectivity index (χ0n) is 11.6. The molecule has 0 bridgehead atoms. The SMILES string of the molecule is CCCCC(=O)COc1cc2[nH]c(C(=O)O)cc2cc1Cl. The number of fused-ring (bicyclic) bond motifs is 1. The van der Waals surface area contributed by atoms with E-state index in [-0.39, 0.29) is 18.1 Å². The molecule has 0 aliphatic rings. The fourth-order valence-corrected chi connectivity index (χ4v) is 2.19. The highest BCUT2D eigenvalue weighted by molar-refractivity contribution is 6.32. The highest BCUT2D eigenvalue weighted by Crippen LogP contribution is 2.30. The van der Waals surface area contributed by atoms with Gasteiger partial charge >= 0.3 is 5.97 Å². The van der Waals surface area contributed by atoms with E-state index < -0.39 is 5.97 Å². The van der Waals surface area contributed by atoms with E-state index in [4.69, 9.17) is 21.4 Å². The molecule has 0 fully saturated rings. The van der Waals surface area contributed by atoms with Crippen molar-refractivity contribution in [2.75, 3.05) is 6.61 Å². The number of nitrogens with one attached hydrogen (secondary N) is 1. The summed E-state index contributed by atoms with van der Waals surface area (Å²) in [7, 11) is 0. The number of rotatable bonds is 7. The van der Waals surface area contributed by atoms with Gasteiger partial charge in [0.25, 0.3) is 0 Å². The van der Waals surface area contributed by atoms with Gasteiger partial charge in [-0.05, 0) is 18.6 Å². The maximum Gasteiger partial charge on any atom is 0.352 e. The predicted molar refractivity (Wildman–Crippen MR) is 80.3 cm³/mol. The van der Waals surface area contributed by atoms with Crippen molar-refractivity contribution in [3.8, 4) is 5.75 Å². The third kappa shape index (κ3) is 3.76. The zero-order chi connectivity index (χ0) is 15.4. The standard InChI is InChI=1S/C15H16ClNO4/c1-2-3-4-10(18)8-21-14-7-12-9(5-11(14)16)6-13(17-12)15(19)20/h5-7,17H,2-4,8H2,1H3,(H,19,20). The second-order valence-corrected chi connectivity index (χ2v) is 5.20. The molecule has 2 aromatic rings. The van der Waals surface area contributed by atoms with Gasteiger partial charge in [-0.3, -0.25) is 4.79 Å². The Bertz CT molecular complexity index is 678. The quantitative estimate of drug-likeness (QED) is 0.818. The normalized spacial score (nSPS) is 10.8. The van der Waals surface area contributed by atoms with Crippen molar-refractivity contribution in [1.29, 1.82) is 0 Å². The Morgan fingerprint density at radius 3 is 2.76 bits per heavy atom. The first-order chi connectivity index (χ1) is 10.0. The molecule has 0 spiro atoms. The van der Waals surface area contributed by atoms with Crippen LogP contribution >= 0.6 is 11.6 Å². The van der Waals surface area contributed by atoms with Crippen molar-refractivity contribution in [2.24, 2.45) is 0 Å². The molecular weight excluding hydrogens is 294 g/mol. The van der Waals surface area contributed by atoms with E-state index in [9.17, 15) is 9.59 Å². The molecule has 1 heterocycles. The van der Waals surface area contributed by atoms with Gasteiger partial charge in [0.1, 0.15) is 18.1 Å². The summed E-state index contributed by atoms with van der Waals surface area (Å²) < 4.78 is 5.42. The molecular formula is C15H16ClNO4. The average Bonchev–Trinajstić information content (AvgIpc) is 2.85. The number of ether oxygens (including phenoxy) is 1. The monoisotopic (exact) mass is 309 g/mol. The zero-order valence-corrected chi connectivity index (χ0v) is 12.4. The number of carboxylic acid groups (broad SMARTS) is 1. The lowest BCUT2D eigenvalue weighted by Crippen LogP contribution is -2.11.